The van der Waals surface area contributed by atoms with Crippen LogP contribution in [0.15, 0.2) is 78.4 Å². The molecule has 0 saturated carbocycles. The first-order valence-corrected chi connectivity index (χ1v) is 10.6. The van der Waals surface area contributed by atoms with Crippen molar-refractivity contribution in [3.8, 4) is 11.5 Å². The maximum Gasteiger partial charge on any atom is 0.343 e. The SMILES string of the molecule is CCOc1cc(/C=C2\C(=O)NC(=O)N(c3ccccc3F)C2=O)ccc1OC(=O)c1ccccc1. The Morgan fingerprint density at radius 3 is 2.40 bits per heavy atom. The molecule has 3 aromatic rings. The number of carbonyl (C=O) groups is 4. The number of esters is 1. The van der Waals surface area contributed by atoms with Crippen molar-refractivity contribution in [3.63, 3.8) is 0 Å². The molecule has 0 aliphatic carbocycles. The van der Waals surface area contributed by atoms with Crippen LogP contribution in [0.4, 0.5) is 14.9 Å². The summed E-state index contributed by atoms with van der Waals surface area (Å²) in [6.07, 6.45) is 1.24. The molecule has 4 rings (SSSR count). The van der Waals surface area contributed by atoms with E-state index < -0.39 is 29.6 Å². The highest BCUT2D eigenvalue weighted by Crippen LogP contribution is 2.31. The van der Waals surface area contributed by atoms with Gasteiger partial charge in [-0.05, 0) is 55.0 Å². The van der Waals surface area contributed by atoms with Gasteiger partial charge in [-0.15, -0.1) is 0 Å². The van der Waals surface area contributed by atoms with Crippen molar-refractivity contribution in [3.05, 3.63) is 95.3 Å². The summed E-state index contributed by atoms with van der Waals surface area (Å²) in [7, 11) is 0. The van der Waals surface area contributed by atoms with Crippen LogP contribution >= 0.6 is 0 Å². The van der Waals surface area contributed by atoms with Gasteiger partial charge in [-0.1, -0.05) is 36.4 Å². The number of hydrogen-bond donors (Lipinski definition) is 1. The number of rotatable bonds is 6. The van der Waals surface area contributed by atoms with Crippen LogP contribution in [0.5, 0.6) is 11.5 Å². The first kappa shape index (κ1) is 23.4. The monoisotopic (exact) mass is 474 g/mol. The molecule has 176 valence electrons. The third-order valence-corrected chi connectivity index (χ3v) is 4.99. The molecule has 0 spiro atoms. The van der Waals surface area contributed by atoms with E-state index >= 15 is 0 Å². The van der Waals surface area contributed by atoms with Gasteiger partial charge in [0.2, 0.25) is 0 Å². The Morgan fingerprint density at radius 2 is 1.69 bits per heavy atom. The van der Waals surface area contributed by atoms with Gasteiger partial charge in [-0.2, -0.15) is 0 Å². The maximum absolute atomic E-state index is 14.2. The van der Waals surface area contributed by atoms with Gasteiger partial charge in [-0.3, -0.25) is 14.9 Å². The van der Waals surface area contributed by atoms with Gasteiger partial charge in [0, 0.05) is 0 Å². The lowest BCUT2D eigenvalue weighted by Gasteiger charge is -2.26. The zero-order chi connectivity index (χ0) is 24.9. The van der Waals surface area contributed by atoms with E-state index in [1.807, 2.05) is 5.32 Å². The van der Waals surface area contributed by atoms with E-state index in [1.54, 1.807) is 37.3 Å². The van der Waals surface area contributed by atoms with Crippen LogP contribution in [0.2, 0.25) is 0 Å². The summed E-state index contributed by atoms with van der Waals surface area (Å²) in [4.78, 5) is 50.7. The Bertz CT molecular complexity index is 1350. The number of barbiturate groups is 1. The summed E-state index contributed by atoms with van der Waals surface area (Å²) < 4.78 is 25.3. The van der Waals surface area contributed by atoms with Crippen molar-refractivity contribution >= 4 is 35.6 Å². The number of nitrogens with zero attached hydrogens (tertiary/aromatic N) is 1. The maximum atomic E-state index is 14.2. The molecule has 1 heterocycles. The lowest BCUT2D eigenvalue weighted by atomic mass is 10.1. The molecule has 1 aliphatic heterocycles. The molecule has 1 fully saturated rings. The van der Waals surface area contributed by atoms with Crippen molar-refractivity contribution in [2.75, 3.05) is 11.5 Å². The van der Waals surface area contributed by atoms with Gasteiger partial charge < -0.3 is 9.47 Å². The molecule has 9 heteroatoms. The molecule has 0 aromatic heterocycles. The molecule has 1 aliphatic rings. The fraction of sp³-hybridized carbons (Fsp3) is 0.0769. The van der Waals surface area contributed by atoms with Gasteiger partial charge in [0.05, 0.1) is 17.9 Å². The molecule has 4 amide bonds. The summed E-state index contributed by atoms with van der Waals surface area (Å²) in [5.74, 6) is -2.94. The highest BCUT2D eigenvalue weighted by Gasteiger charge is 2.38. The van der Waals surface area contributed by atoms with Crippen molar-refractivity contribution in [2.45, 2.75) is 6.92 Å². The molecule has 1 saturated heterocycles. The van der Waals surface area contributed by atoms with E-state index in [2.05, 4.69) is 0 Å². The zero-order valence-electron chi connectivity index (χ0n) is 18.5. The minimum atomic E-state index is -1.06. The third-order valence-electron chi connectivity index (χ3n) is 4.99. The van der Waals surface area contributed by atoms with Crippen molar-refractivity contribution < 1.29 is 33.0 Å². The molecule has 3 aromatic carbocycles. The van der Waals surface area contributed by atoms with E-state index in [-0.39, 0.29) is 29.4 Å². The second-order valence-corrected chi connectivity index (χ2v) is 7.30. The Hall–Kier alpha value is -4.79. The minimum Gasteiger partial charge on any atom is -0.490 e. The van der Waals surface area contributed by atoms with Gasteiger partial charge in [0.25, 0.3) is 11.8 Å². The van der Waals surface area contributed by atoms with Crippen LogP contribution in [0.1, 0.15) is 22.8 Å². The summed E-state index contributed by atoms with van der Waals surface area (Å²) in [6.45, 7) is 1.99. The Morgan fingerprint density at radius 1 is 0.971 bits per heavy atom. The van der Waals surface area contributed by atoms with E-state index in [9.17, 15) is 23.6 Å². The predicted octanol–water partition coefficient (Wildman–Crippen LogP) is 4.11. The quantitative estimate of drug-likeness (QED) is 0.250. The average Bonchev–Trinajstić information content (AvgIpc) is 2.85. The topological polar surface area (TPSA) is 102 Å². The molecule has 0 bridgehead atoms. The number of ether oxygens (including phenoxy) is 2. The van der Waals surface area contributed by atoms with Crippen molar-refractivity contribution in [1.29, 1.82) is 0 Å². The second-order valence-electron chi connectivity index (χ2n) is 7.30. The summed E-state index contributed by atoms with van der Waals surface area (Å²) >= 11 is 0. The number of anilines is 1. The van der Waals surface area contributed by atoms with Crippen LogP contribution in [0, 0.1) is 5.82 Å². The number of carbonyl (C=O) groups excluding carboxylic acids is 4. The average molecular weight is 474 g/mol. The van der Waals surface area contributed by atoms with Crippen LogP contribution in [-0.2, 0) is 9.59 Å². The Labute approximate surface area is 199 Å². The first-order chi connectivity index (χ1) is 16.9. The number of benzene rings is 3. The molecule has 0 radical (unpaired) electrons. The summed E-state index contributed by atoms with van der Waals surface area (Å²) in [5.41, 5.74) is 0.0359. The van der Waals surface area contributed by atoms with E-state index in [0.29, 0.717) is 16.0 Å². The van der Waals surface area contributed by atoms with Gasteiger partial charge in [-0.25, -0.2) is 18.9 Å². The predicted molar refractivity (Wildman–Crippen MR) is 124 cm³/mol. The fourth-order valence-electron chi connectivity index (χ4n) is 3.38. The molecule has 0 unspecified atom stereocenters. The molecular weight excluding hydrogens is 455 g/mol. The van der Waals surface area contributed by atoms with Gasteiger partial charge in [0.1, 0.15) is 11.4 Å². The molecule has 35 heavy (non-hydrogen) atoms. The van der Waals surface area contributed by atoms with E-state index in [4.69, 9.17) is 9.47 Å². The Kier molecular flexibility index (Phi) is 6.68. The third kappa shape index (κ3) is 4.93. The number of hydrogen-bond acceptors (Lipinski definition) is 6. The standard InChI is InChI=1S/C26H19FN2O6/c1-2-34-22-15-16(12-13-21(22)35-25(32)17-8-4-3-5-9-17)14-18-23(30)28-26(33)29(24(18)31)20-11-7-6-10-19(20)27/h3-15H,2H2,1H3,(H,28,30,33)/b18-14+. The Balaban J connectivity index is 1.66. The lowest BCUT2D eigenvalue weighted by molar-refractivity contribution is -0.122. The van der Waals surface area contributed by atoms with Crippen molar-refractivity contribution in [2.24, 2.45) is 0 Å². The normalized spacial score (nSPS) is 14.6. The van der Waals surface area contributed by atoms with Crippen molar-refractivity contribution in [1.82, 2.24) is 5.32 Å². The summed E-state index contributed by atoms with van der Waals surface area (Å²) in [6, 6.07) is 17.0. The smallest absolute Gasteiger partial charge is 0.343 e. The van der Waals surface area contributed by atoms with Crippen LogP contribution in [-0.4, -0.2) is 30.4 Å². The first-order valence-electron chi connectivity index (χ1n) is 10.6. The van der Waals surface area contributed by atoms with Crippen LogP contribution in [0.25, 0.3) is 6.08 Å². The highest BCUT2D eigenvalue weighted by atomic mass is 19.1. The molecule has 8 nitrogen and oxygen atoms in total. The van der Waals surface area contributed by atoms with Gasteiger partial charge >= 0.3 is 12.0 Å². The molecule has 0 atom stereocenters. The van der Waals surface area contributed by atoms with Crippen LogP contribution < -0.4 is 19.7 Å². The largest absolute Gasteiger partial charge is 0.490 e. The fourth-order valence-corrected chi connectivity index (χ4v) is 3.38. The number of para-hydroxylation sites is 1. The zero-order valence-corrected chi connectivity index (χ0v) is 18.5. The van der Waals surface area contributed by atoms with Gasteiger partial charge in [0.15, 0.2) is 11.5 Å². The number of amides is 4. The van der Waals surface area contributed by atoms with Crippen LogP contribution in [0.3, 0.4) is 0 Å². The number of nitrogens with one attached hydrogen (secondary N) is 1. The molecule has 1 N–H and O–H groups in total. The van der Waals surface area contributed by atoms with E-state index in [1.165, 1.54) is 42.5 Å². The highest BCUT2D eigenvalue weighted by molar-refractivity contribution is 6.39. The second kappa shape index (κ2) is 10.0. The lowest BCUT2D eigenvalue weighted by Crippen LogP contribution is -2.54. The number of halogens is 1. The number of urea groups is 1. The van der Waals surface area contributed by atoms with E-state index in [0.717, 1.165) is 6.07 Å². The molecular formula is C26H19FN2O6. The summed E-state index contributed by atoms with van der Waals surface area (Å²) in [5, 5.41) is 2.04. The minimum absolute atomic E-state index is 0.144. The number of imide groups is 2.